The molecule has 1 heterocycles. The fourth-order valence-electron chi connectivity index (χ4n) is 3.19. The molecule has 3 rings (SSSR count). The second kappa shape index (κ2) is 4.84. The Labute approximate surface area is 108 Å². The van der Waals surface area contributed by atoms with Crippen LogP contribution in [0.15, 0.2) is 12.2 Å². The highest BCUT2D eigenvalue weighted by Crippen LogP contribution is 2.33. The van der Waals surface area contributed by atoms with E-state index in [9.17, 15) is 0 Å². The molecule has 0 radical (unpaired) electrons. The molecule has 1 aromatic rings. The van der Waals surface area contributed by atoms with E-state index in [4.69, 9.17) is 10.7 Å². The van der Waals surface area contributed by atoms with Gasteiger partial charge in [0.15, 0.2) is 5.82 Å². The molecule has 1 fully saturated rings. The summed E-state index contributed by atoms with van der Waals surface area (Å²) < 4.78 is 1.96. The quantitative estimate of drug-likeness (QED) is 0.814. The summed E-state index contributed by atoms with van der Waals surface area (Å²) in [5.41, 5.74) is 5.92. The van der Waals surface area contributed by atoms with E-state index < -0.39 is 0 Å². The number of aryl methyl sites for hydroxylation is 1. The lowest BCUT2D eigenvalue weighted by Crippen LogP contribution is -2.15. The van der Waals surface area contributed by atoms with Crippen molar-refractivity contribution in [3.63, 3.8) is 0 Å². The SMILES string of the molecule is Cn1nc(C2CCCCC2)nc1C1C=CC(N)C1. The average Bonchev–Trinajstić information content (AvgIpc) is 2.97. The van der Waals surface area contributed by atoms with Crippen LogP contribution in [0.4, 0.5) is 0 Å². The van der Waals surface area contributed by atoms with E-state index in [0.717, 1.165) is 18.1 Å². The van der Waals surface area contributed by atoms with E-state index in [0.29, 0.717) is 11.8 Å². The number of nitrogens with two attached hydrogens (primary N) is 1. The summed E-state index contributed by atoms with van der Waals surface area (Å²) in [6.07, 6.45) is 11.8. The number of nitrogens with zero attached hydrogens (tertiary/aromatic N) is 3. The Morgan fingerprint density at radius 2 is 2.00 bits per heavy atom. The van der Waals surface area contributed by atoms with Crippen molar-refractivity contribution in [3.05, 3.63) is 23.8 Å². The second-order valence-corrected chi connectivity index (χ2v) is 5.68. The highest BCUT2D eigenvalue weighted by atomic mass is 15.3. The van der Waals surface area contributed by atoms with Crippen LogP contribution in [0.2, 0.25) is 0 Å². The molecule has 4 nitrogen and oxygen atoms in total. The molecule has 0 spiro atoms. The largest absolute Gasteiger partial charge is 0.324 e. The highest BCUT2D eigenvalue weighted by Gasteiger charge is 2.25. The van der Waals surface area contributed by atoms with Crippen molar-refractivity contribution >= 4 is 0 Å². The van der Waals surface area contributed by atoms with Gasteiger partial charge in [0, 0.05) is 24.9 Å². The lowest BCUT2D eigenvalue weighted by atomic mass is 9.89. The summed E-state index contributed by atoms with van der Waals surface area (Å²) in [4.78, 5) is 4.79. The zero-order valence-electron chi connectivity index (χ0n) is 11.0. The second-order valence-electron chi connectivity index (χ2n) is 5.68. The van der Waals surface area contributed by atoms with Gasteiger partial charge in [0.1, 0.15) is 5.82 Å². The van der Waals surface area contributed by atoms with Crippen LogP contribution in [0.1, 0.15) is 62.0 Å². The van der Waals surface area contributed by atoms with Crippen molar-refractivity contribution in [3.8, 4) is 0 Å². The van der Waals surface area contributed by atoms with E-state index in [1.807, 2.05) is 11.7 Å². The number of hydrogen-bond donors (Lipinski definition) is 1. The average molecular weight is 246 g/mol. The first-order chi connectivity index (χ1) is 8.74. The summed E-state index contributed by atoms with van der Waals surface area (Å²) in [7, 11) is 2.01. The minimum absolute atomic E-state index is 0.185. The molecule has 1 saturated carbocycles. The normalized spacial score (nSPS) is 29.0. The van der Waals surface area contributed by atoms with Crippen LogP contribution in [0.3, 0.4) is 0 Å². The fourth-order valence-corrected chi connectivity index (χ4v) is 3.19. The zero-order valence-corrected chi connectivity index (χ0v) is 11.0. The van der Waals surface area contributed by atoms with Gasteiger partial charge in [0.25, 0.3) is 0 Å². The number of aromatic nitrogens is 3. The van der Waals surface area contributed by atoms with Gasteiger partial charge in [0.2, 0.25) is 0 Å². The van der Waals surface area contributed by atoms with E-state index in [2.05, 4.69) is 17.3 Å². The Morgan fingerprint density at radius 3 is 2.67 bits per heavy atom. The minimum Gasteiger partial charge on any atom is -0.324 e. The Hall–Kier alpha value is -1.16. The summed E-state index contributed by atoms with van der Waals surface area (Å²) in [5.74, 6) is 3.08. The molecule has 0 aliphatic heterocycles. The van der Waals surface area contributed by atoms with Crippen molar-refractivity contribution in [1.82, 2.24) is 14.8 Å². The predicted octanol–water partition coefficient (Wildman–Crippen LogP) is 2.23. The van der Waals surface area contributed by atoms with Crippen LogP contribution in [-0.2, 0) is 7.05 Å². The van der Waals surface area contributed by atoms with Gasteiger partial charge in [-0.3, -0.25) is 4.68 Å². The molecule has 0 bridgehead atoms. The highest BCUT2D eigenvalue weighted by molar-refractivity contribution is 5.18. The first kappa shape index (κ1) is 11.9. The van der Waals surface area contributed by atoms with Gasteiger partial charge in [-0.05, 0) is 19.3 Å². The van der Waals surface area contributed by atoms with Gasteiger partial charge in [-0.15, -0.1) is 0 Å². The lowest BCUT2D eigenvalue weighted by Gasteiger charge is -2.18. The molecule has 2 aliphatic rings. The van der Waals surface area contributed by atoms with E-state index in [1.165, 1.54) is 32.1 Å². The van der Waals surface area contributed by atoms with Crippen molar-refractivity contribution in [2.75, 3.05) is 0 Å². The zero-order chi connectivity index (χ0) is 12.5. The molecule has 18 heavy (non-hydrogen) atoms. The predicted molar refractivity (Wildman–Crippen MR) is 71.3 cm³/mol. The Balaban J connectivity index is 1.80. The molecule has 2 N–H and O–H groups in total. The molecule has 2 aliphatic carbocycles. The van der Waals surface area contributed by atoms with Crippen molar-refractivity contribution in [2.45, 2.75) is 56.4 Å². The molecule has 1 aromatic heterocycles. The van der Waals surface area contributed by atoms with Crippen molar-refractivity contribution in [2.24, 2.45) is 12.8 Å². The van der Waals surface area contributed by atoms with Crippen LogP contribution in [0.25, 0.3) is 0 Å². The van der Waals surface area contributed by atoms with E-state index in [1.54, 1.807) is 0 Å². The molecule has 0 amide bonds. The van der Waals surface area contributed by atoms with Gasteiger partial charge in [-0.1, -0.05) is 31.4 Å². The maximum Gasteiger partial charge on any atom is 0.154 e. The monoisotopic (exact) mass is 246 g/mol. The first-order valence-electron chi connectivity index (χ1n) is 7.09. The maximum atomic E-state index is 5.92. The van der Waals surface area contributed by atoms with Crippen molar-refractivity contribution < 1.29 is 0 Å². The third-order valence-corrected chi connectivity index (χ3v) is 4.23. The summed E-state index contributed by atoms with van der Waals surface area (Å²) in [6, 6.07) is 0.185. The van der Waals surface area contributed by atoms with E-state index in [-0.39, 0.29) is 6.04 Å². The number of rotatable bonds is 2. The number of allylic oxidation sites excluding steroid dienone is 1. The first-order valence-corrected chi connectivity index (χ1v) is 7.09. The van der Waals surface area contributed by atoms with Gasteiger partial charge in [0.05, 0.1) is 0 Å². The van der Waals surface area contributed by atoms with Crippen LogP contribution < -0.4 is 5.73 Å². The molecule has 0 aromatic carbocycles. The van der Waals surface area contributed by atoms with Gasteiger partial charge >= 0.3 is 0 Å². The lowest BCUT2D eigenvalue weighted by molar-refractivity contribution is 0.427. The Morgan fingerprint density at radius 1 is 1.22 bits per heavy atom. The van der Waals surface area contributed by atoms with Crippen LogP contribution in [0.5, 0.6) is 0 Å². The van der Waals surface area contributed by atoms with E-state index >= 15 is 0 Å². The molecule has 0 saturated heterocycles. The Bertz CT molecular complexity index is 443. The van der Waals surface area contributed by atoms with Crippen LogP contribution >= 0.6 is 0 Å². The standard InChI is InChI=1S/C14H22N4/c1-18-14(11-7-8-12(15)9-11)16-13(17-18)10-5-3-2-4-6-10/h7-8,10-12H,2-6,9,15H2,1H3. The summed E-state index contributed by atoms with van der Waals surface area (Å²) >= 11 is 0. The molecular weight excluding hydrogens is 224 g/mol. The third-order valence-electron chi connectivity index (χ3n) is 4.23. The summed E-state index contributed by atoms with van der Waals surface area (Å²) in [6.45, 7) is 0. The molecule has 2 atom stereocenters. The smallest absolute Gasteiger partial charge is 0.154 e. The maximum absolute atomic E-state index is 5.92. The fraction of sp³-hybridized carbons (Fsp3) is 0.714. The van der Waals surface area contributed by atoms with Gasteiger partial charge in [-0.25, -0.2) is 4.98 Å². The Kier molecular flexibility index (Phi) is 3.20. The van der Waals surface area contributed by atoms with Crippen LogP contribution in [0, 0.1) is 0 Å². The summed E-state index contributed by atoms with van der Waals surface area (Å²) in [5, 5.41) is 4.63. The molecule has 4 heteroatoms. The van der Waals surface area contributed by atoms with Crippen LogP contribution in [-0.4, -0.2) is 20.8 Å². The topological polar surface area (TPSA) is 56.7 Å². The molecule has 2 unspecified atom stereocenters. The van der Waals surface area contributed by atoms with Gasteiger partial charge in [-0.2, -0.15) is 5.10 Å². The molecule has 98 valence electrons. The molecular formula is C14H22N4. The minimum atomic E-state index is 0.185. The van der Waals surface area contributed by atoms with Crippen molar-refractivity contribution in [1.29, 1.82) is 0 Å². The number of hydrogen-bond acceptors (Lipinski definition) is 3. The van der Waals surface area contributed by atoms with Gasteiger partial charge < -0.3 is 5.73 Å². The third kappa shape index (κ3) is 2.21.